The molecule has 2 N–H and O–H groups in total. The van der Waals surface area contributed by atoms with Crippen LogP contribution in [0.3, 0.4) is 0 Å². The Hall–Kier alpha value is -2.01. The van der Waals surface area contributed by atoms with Crippen molar-refractivity contribution in [3.8, 4) is 0 Å². The molecule has 0 unspecified atom stereocenters. The van der Waals surface area contributed by atoms with Gasteiger partial charge in [-0.15, -0.1) is 0 Å². The maximum atomic E-state index is 12.1. The second-order valence-electron chi connectivity index (χ2n) is 5.41. The lowest BCUT2D eigenvalue weighted by atomic mass is 10.1. The van der Waals surface area contributed by atoms with Gasteiger partial charge in [0.25, 0.3) is 0 Å². The third-order valence-corrected chi connectivity index (χ3v) is 4.11. The quantitative estimate of drug-likeness (QED) is 0.874. The van der Waals surface area contributed by atoms with Crippen molar-refractivity contribution in [1.29, 1.82) is 0 Å². The van der Waals surface area contributed by atoms with E-state index in [1.165, 1.54) is 20.0 Å². The molecule has 0 atom stereocenters. The van der Waals surface area contributed by atoms with Crippen LogP contribution in [0.5, 0.6) is 0 Å². The van der Waals surface area contributed by atoms with E-state index in [0.29, 0.717) is 12.1 Å². The number of benzene rings is 1. The summed E-state index contributed by atoms with van der Waals surface area (Å²) >= 11 is 0. The van der Waals surface area contributed by atoms with Gasteiger partial charge in [-0.1, -0.05) is 0 Å². The summed E-state index contributed by atoms with van der Waals surface area (Å²) in [6.07, 6.45) is 4.37. The molecule has 1 aliphatic rings. The van der Waals surface area contributed by atoms with E-state index < -0.39 is 0 Å². The van der Waals surface area contributed by atoms with Crippen molar-refractivity contribution in [2.24, 2.45) is 5.73 Å². The Labute approximate surface area is 124 Å². The van der Waals surface area contributed by atoms with Crippen molar-refractivity contribution in [2.75, 3.05) is 31.6 Å². The van der Waals surface area contributed by atoms with Gasteiger partial charge in [0.15, 0.2) is 0 Å². The van der Waals surface area contributed by atoms with Crippen LogP contribution in [0.2, 0.25) is 0 Å². The van der Waals surface area contributed by atoms with Crippen molar-refractivity contribution >= 4 is 22.6 Å². The fourth-order valence-electron chi connectivity index (χ4n) is 3.05. The molecule has 1 aliphatic heterocycles. The number of rotatable bonds is 4. The number of methoxy groups -OCH3 is 1. The summed E-state index contributed by atoms with van der Waals surface area (Å²) in [5, 5.41) is 1.14. The lowest BCUT2D eigenvalue weighted by Gasteiger charge is -2.21. The number of hydrogen-bond donors (Lipinski definition) is 1. The van der Waals surface area contributed by atoms with Gasteiger partial charge in [-0.3, -0.25) is 0 Å². The van der Waals surface area contributed by atoms with Gasteiger partial charge in [0.05, 0.1) is 18.4 Å². The molecule has 0 saturated carbocycles. The van der Waals surface area contributed by atoms with Gasteiger partial charge in [-0.2, -0.15) is 0 Å². The second kappa shape index (κ2) is 5.77. The standard InChI is InChI=1S/C16H21N3O2/c1-21-16(20)13-11-14-12(4-8-19(14)9-5-17)10-15(13)18-6-2-3-7-18/h4,8,10-11H,2-3,5-7,9,17H2,1H3. The highest BCUT2D eigenvalue weighted by atomic mass is 16.5. The molecule has 0 aliphatic carbocycles. The predicted octanol–water partition coefficient (Wildman–Crippen LogP) is 1.99. The molecule has 0 amide bonds. The summed E-state index contributed by atoms with van der Waals surface area (Å²) in [5.74, 6) is -0.278. The Kier molecular flexibility index (Phi) is 3.84. The van der Waals surface area contributed by atoms with E-state index in [1.807, 2.05) is 12.3 Å². The molecule has 1 aromatic heterocycles. The molecule has 2 aromatic rings. The van der Waals surface area contributed by atoms with E-state index in [-0.39, 0.29) is 5.97 Å². The molecule has 0 spiro atoms. The summed E-state index contributed by atoms with van der Waals surface area (Å²) < 4.78 is 7.04. The van der Waals surface area contributed by atoms with Crippen LogP contribution in [0, 0.1) is 0 Å². The van der Waals surface area contributed by atoms with Gasteiger partial charge in [0, 0.05) is 43.3 Å². The van der Waals surface area contributed by atoms with Gasteiger partial charge in [-0.25, -0.2) is 4.79 Å². The first-order valence-electron chi connectivity index (χ1n) is 7.41. The van der Waals surface area contributed by atoms with Crippen LogP contribution < -0.4 is 10.6 Å². The summed E-state index contributed by atoms with van der Waals surface area (Å²) in [5.41, 5.74) is 8.30. The third-order valence-electron chi connectivity index (χ3n) is 4.11. The lowest BCUT2D eigenvalue weighted by Crippen LogP contribution is -2.21. The smallest absolute Gasteiger partial charge is 0.340 e. The van der Waals surface area contributed by atoms with Crippen molar-refractivity contribution < 1.29 is 9.53 Å². The van der Waals surface area contributed by atoms with Crippen molar-refractivity contribution in [2.45, 2.75) is 19.4 Å². The zero-order chi connectivity index (χ0) is 14.8. The summed E-state index contributed by atoms with van der Waals surface area (Å²) in [6, 6.07) is 6.11. The fraction of sp³-hybridized carbons (Fsp3) is 0.438. The number of aromatic nitrogens is 1. The van der Waals surface area contributed by atoms with Crippen LogP contribution in [-0.2, 0) is 11.3 Å². The maximum Gasteiger partial charge on any atom is 0.340 e. The molecule has 1 saturated heterocycles. The first-order valence-corrected chi connectivity index (χ1v) is 7.41. The van der Waals surface area contributed by atoms with Crippen LogP contribution in [0.4, 0.5) is 5.69 Å². The Bertz CT molecular complexity index is 657. The zero-order valence-corrected chi connectivity index (χ0v) is 12.3. The molecule has 21 heavy (non-hydrogen) atoms. The minimum absolute atomic E-state index is 0.278. The minimum Gasteiger partial charge on any atom is -0.465 e. The van der Waals surface area contributed by atoms with Crippen LogP contribution in [0.1, 0.15) is 23.2 Å². The SMILES string of the molecule is COC(=O)c1cc2c(ccn2CCN)cc1N1CCCC1. The monoisotopic (exact) mass is 287 g/mol. The van der Waals surface area contributed by atoms with Gasteiger partial charge in [0.2, 0.25) is 0 Å². The second-order valence-corrected chi connectivity index (χ2v) is 5.41. The summed E-state index contributed by atoms with van der Waals surface area (Å²) in [7, 11) is 1.43. The number of esters is 1. The number of hydrogen-bond acceptors (Lipinski definition) is 4. The average Bonchev–Trinajstić information content (AvgIpc) is 3.15. The molecule has 1 aromatic carbocycles. The molecule has 0 radical (unpaired) electrons. The molecule has 5 heteroatoms. The largest absolute Gasteiger partial charge is 0.465 e. The van der Waals surface area contributed by atoms with Gasteiger partial charge in [-0.05, 0) is 31.0 Å². The van der Waals surface area contributed by atoms with E-state index in [1.54, 1.807) is 0 Å². The van der Waals surface area contributed by atoms with E-state index >= 15 is 0 Å². The number of anilines is 1. The first kappa shape index (κ1) is 13.9. The highest BCUT2D eigenvalue weighted by Crippen LogP contribution is 2.30. The van der Waals surface area contributed by atoms with Crippen LogP contribution in [0.15, 0.2) is 24.4 Å². The lowest BCUT2D eigenvalue weighted by molar-refractivity contribution is 0.0601. The Morgan fingerprint density at radius 2 is 2.10 bits per heavy atom. The fourth-order valence-corrected chi connectivity index (χ4v) is 3.05. The topological polar surface area (TPSA) is 60.5 Å². The third kappa shape index (κ3) is 2.49. The number of ether oxygens (including phenoxy) is 1. The number of nitrogens with zero attached hydrogens (tertiary/aromatic N) is 2. The van der Waals surface area contributed by atoms with E-state index in [9.17, 15) is 4.79 Å². The molecule has 0 bridgehead atoms. The van der Waals surface area contributed by atoms with E-state index in [0.717, 1.165) is 36.2 Å². The zero-order valence-electron chi connectivity index (χ0n) is 12.3. The van der Waals surface area contributed by atoms with Gasteiger partial charge < -0.3 is 19.9 Å². The Morgan fingerprint density at radius 3 is 2.76 bits per heavy atom. The average molecular weight is 287 g/mol. The minimum atomic E-state index is -0.278. The Balaban J connectivity index is 2.13. The maximum absolute atomic E-state index is 12.1. The first-order chi connectivity index (χ1) is 10.2. The van der Waals surface area contributed by atoms with Crippen LogP contribution in [0.25, 0.3) is 10.9 Å². The summed E-state index contributed by atoms with van der Waals surface area (Å²) in [4.78, 5) is 14.4. The molecule has 112 valence electrons. The number of carbonyl (C=O) groups is 1. The molecule has 5 nitrogen and oxygen atoms in total. The predicted molar refractivity (Wildman–Crippen MR) is 83.8 cm³/mol. The molecule has 1 fully saturated rings. The van der Waals surface area contributed by atoms with Crippen molar-refractivity contribution in [3.05, 3.63) is 30.0 Å². The van der Waals surface area contributed by atoms with Gasteiger partial charge >= 0.3 is 5.97 Å². The highest BCUT2D eigenvalue weighted by molar-refractivity contribution is 6.01. The normalized spacial score (nSPS) is 14.9. The molecule has 3 rings (SSSR count). The van der Waals surface area contributed by atoms with E-state index in [4.69, 9.17) is 10.5 Å². The number of fused-ring (bicyclic) bond motifs is 1. The molecular weight excluding hydrogens is 266 g/mol. The molecule has 2 heterocycles. The van der Waals surface area contributed by atoms with Crippen molar-refractivity contribution in [3.63, 3.8) is 0 Å². The Morgan fingerprint density at radius 1 is 1.33 bits per heavy atom. The van der Waals surface area contributed by atoms with Crippen molar-refractivity contribution in [1.82, 2.24) is 4.57 Å². The molecular formula is C16H21N3O2. The van der Waals surface area contributed by atoms with Crippen LogP contribution >= 0.6 is 0 Å². The summed E-state index contributed by atoms with van der Waals surface area (Å²) in [6.45, 7) is 3.32. The number of carbonyl (C=O) groups excluding carboxylic acids is 1. The number of nitrogens with two attached hydrogens (primary N) is 1. The van der Waals surface area contributed by atoms with Gasteiger partial charge in [0.1, 0.15) is 0 Å². The highest BCUT2D eigenvalue weighted by Gasteiger charge is 2.21. The van der Waals surface area contributed by atoms with E-state index in [2.05, 4.69) is 21.6 Å². The van der Waals surface area contributed by atoms with Crippen LogP contribution in [-0.4, -0.2) is 37.3 Å².